The SMILES string of the molecule is CC(c1cccnc1C#N)C(O)(Cn1cncn1)c1ccc(F)cc1F. The first-order valence-electron chi connectivity index (χ1n) is 7.81. The average molecular weight is 355 g/mol. The number of halogens is 2. The number of hydrogen-bond acceptors (Lipinski definition) is 5. The smallest absolute Gasteiger partial charge is 0.144 e. The van der Waals surface area contributed by atoms with Crippen LogP contribution in [-0.2, 0) is 12.1 Å². The van der Waals surface area contributed by atoms with Crippen LogP contribution >= 0.6 is 0 Å². The fraction of sp³-hybridized carbons (Fsp3) is 0.222. The standard InChI is InChI=1S/C18H15F2N5O/c1-12(14-3-2-6-23-17(14)8-21)18(26,9-25-11-22-10-24-25)15-5-4-13(19)7-16(15)20/h2-7,10-12,26H,9H2,1H3. The van der Waals surface area contributed by atoms with Gasteiger partial charge in [0.05, 0.1) is 6.54 Å². The molecule has 0 aliphatic carbocycles. The molecule has 3 rings (SSSR count). The van der Waals surface area contributed by atoms with Gasteiger partial charge in [-0.05, 0) is 17.7 Å². The molecule has 0 fully saturated rings. The second-order valence-electron chi connectivity index (χ2n) is 5.92. The van der Waals surface area contributed by atoms with E-state index in [1.165, 1.54) is 29.6 Å². The molecule has 2 heterocycles. The molecular formula is C18H15F2N5O. The van der Waals surface area contributed by atoms with Crippen molar-refractivity contribution in [2.45, 2.75) is 25.0 Å². The molecule has 0 aliphatic rings. The van der Waals surface area contributed by atoms with Crippen LogP contribution in [0.25, 0.3) is 0 Å². The summed E-state index contributed by atoms with van der Waals surface area (Å²) in [6, 6.07) is 8.22. The number of nitriles is 1. The molecule has 6 nitrogen and oxygen atoms in total. The van der Waals surface area contributed by atoms with Gasteiger partial charge in [0.2, 0.25) is 0 Å². The van der Waals surface area contributed by atoms with Crippen LogP contribution in [0.1, 0.15) is 29.7 Å². The van der Waals surface area contributed by atoms with E-state index in [1.54, 1.807) is 19.1 Å². The first-order chi connectivity index (χ1) is 12.5. The van der Waals surface area contributed by atoms with Gasteiger partial charge in [-0.1, -0.05) is 19.1 Å². The summed E-state index contributed by atoms with van der Waals surface area (Å²) < 4.78 is 29.2. The molecule has 26 heavy (non-hydrogen) atoms. The maximum atomic E-state index is 14.5. The Bertz CT molecular complexity index is 954. The fourth-order valence-electron chi connectivity index (χ4n) is 2.98. The normalized spacial score (nSPS) is 14.4. The maximum Gasteiger partial charge on any atom is 0.144 e. The number of hydrogen-bond donors (Lipinski definition) is 1. The number of aromatic nitrogens is 4. The number of pyridine rings is 1. The minimum absolute atomic E-state index is 0.102. The highest BCUT2D eigenvalue weighted by Gasteiger charge is 2.41. The van der Waals surface area contributed by atoms with E-state index in [-0.39, 0.29) is 17.8 Å². The third-order valence-corrected chi connectivity index (χ3v) is 4.39. The average Bonchev–Trinajstić information content (AvgIpc) is 3.13. The van der Waals surface area contributed by atoms with E-state index in [0.717, 1.165) is 6.07 Å². The molecule has 8 heteroatoms. The summed E-state index contributed by atoms with van der Waals surface area (Å²) in [6.07, 6.45) is 4.13. The number of nitrogens with zero attached hydrogens (tertiary/aromatic N) is 5. The Morgan fingerprint density at radius 2 is 2.15 bits per heavy atom. The monoisotopic (exact) mass is 355 g/mol. The number of aliphatic hydroxyl groups is 1. The van der Waals surface area contributed by atoms with E-state index in [9.17, 15) is 19.1 Å². The lowest BCUT2D eigenvalue weighted by Crippen LogP contribution is -2.38. The van der Waals surface area contributed by atoms with Gasteiger partial charge in [-0.2, -0.15) is 10.4 Å². The van der Waals surface area contributed by atoms with Gasteiger partial charge in [0.1, 0.15) is 41.7 Å². The van der Waals surface area contributed by atoms with Gasteiger partial charge >= 0.3 is 0 Å². The molecule has 0 amide bonds. The van der Waals surface area contributed by atoms with Crippen LogP contribution in [0.15, 0.2) is 49.2 Å². The number of rotatable bonds is 5. The predicted molar refractivity (Wildman–Crippen MR) is 87.6 cm³/mol. The number of benzene rings is 1. The van der Waals surface area contributed by atoms with Crippen LogP contribution in [-0.4, -0.2) is 24.9 Å². The summed E-state index contributed by atoms with van der Waals surface area (Å²) in [5, 5.41) is 24.7. The van der Waals surface area contributed by atoms with Crippen molar-refractivity contribution in [1.82, 2.24) is 19.7 Å². The molecule has 0 bridgehead atoms. The molecule has 0 saturated heterocycles. The second-order valence-corrected chi connectivity index (χ2v) is 5.92. The zero-order valence-corrected chi connectivity index (χ0v) is 13.8. The van der Waals surface area contributed by atoms with Crippen LogP contribution < -0.4 is 0 Å². The van der Waals surface area contributed by atoms with E-state index in [2.05, 4.69) is 15.1 Å². The highest BCUT2D eigenvalue weighted by molar-refractivity contribution is 5.38. The lowest BCUT2D eigenvalue weighted by molar-refractivity contribution is -0.0113. The lowest BCUT2D eigenvalue weighted by Gasteiger charge is -2.35. The molecule has 132 valence electrons. The maximum absolute atomic E-state index is 14.5. The zero-order valence-electron chi connectivity index (χ0n) is 13.8. The Morgan fingerprint density at radius 1 is 1.35 bits per heavy atom. The van der Waals surface area contributed by atoms with Crippen molar-refractivity contribution in [3.8, 4) is 6.07 Å². The van der Waals surface area contributed by atoms with Crippen LogP contribution in [0.4, 0.5) is 8.78 Å². The minimum Gasteiger partial charge on any atom is -0.382 e. The van der Waals surface area contributed by atoms with E-state index in [0.29, 0.717) is 11.6 Å². The molecule has 1 aromatic carbocycles. The summed E-state index contributed by atoms with van der Waals surface area (Å²) in [6.45, 7) is 1.51. The quantitative estimate of drug-likeness (QED) is 0.760. The minimum atomic E-state index is -1.82. The summed E-state index contributed by atoms with van der Waals surface area (Å²) in [5.74, 6) is -2.38. The third kappa shape index (κ3) is 3.17. The molecule has 0 saturated carbocycles. The highest BCUT2D eigenvalue weighted by atomic mass is 19.1. The molecule has 0 radical (unpaired) electrons. The van der Waals surface area contributed by atoms with Crippen molar-refractivity contribution in [1.29, 1.82) is 5.26 Å². The molecule has 2 atom stereocenters. The Kier molecular flexibility index (Phi) is 4.73. The Morgan fingerprint density at radius 3 is 2.81 bits per heavy atom. The van der Waals surface area contributed by atoms with Crippen molar-refractivity contribution in [3.05, 3.63) is 77.6 Å². The highest BCUT2D eigenvalue weighted by Crippen LogP contribution is 2.40. The third-order valence-electron chi connectivity index (χ3n) is 4.39. The van der Waals surface area contributed by atoms with Gasteiger partial charge < -0.3 is 5.11 Å². The Balaban J connectivity index is 2.15. The summed E-state index contributed by atoms with van der Waals surface area (Å²) in [4.78, 5) is 7.82. The largest absolute Gasteiger partial charge is 0.382 e. The van der Waals surface area contributed by atoms with Gasteiger partial charge in [0.15, 0.2) is 0 Å². The first kappa shape index (κ1) is 17.6. The molecule has 0 spiro atoms. The van der Waals surface area contributed by atoms with E-state index in [1.807, 2.05) is 6.07 Å². The summed E-state index contributed by atoms with van der Waals surface area (Å²) in [7, 11) is 0. The van der Waals surface area contributed by atoms with E-state index < -0.39 is 23.2 Å². The van der Waals surface area contributed by atoms with Crippen molar-refractivity contribution >= 4 is 0 Å². The van der Waals surface area contributed by atoms with E-state index in [4.69, 9.17) is 0 Å². The summed E-state index contributed by atoms with van der Waals surface area (Å²) >= 11 is 0. The first-order valence-corrected chi connectivity index (χ1v) is 7.81. The van der Waals surface area contributed by atoms with Gasteiger partial charge in [-0.3, -0.25) is 0 Å². The summed E-state index contributed by atoms with van der Waals surface area (Å²) in [5.41, 5.74) is -1.35. The van der Waals surface area contributed by atoms with Crippen molar-refractivity contribution in [2.75, 3.05) is 0 Å². The lowest BCUT2D eigenvalue weighted by atomic mass is 9.77. The van der Waals surface area contributed by atoms with Gasteiger partial charge in [-0.25, -0.2) is 23.4 Å². The Hall–Kier alpha value is -3.18. The van der Waals surface area contributed by atoms with Crippen LogP contribution in [0, 0.1) is 23.0 Å². The van der Waals surface area contributed by atoms with Crippen LogP contribution in [0.5, 0.6) is 0 Å². The zero-order chi connectivity index (χ0) is 18.7. The van der Waals surface area contributed by atoms with Crippen LogP contribution in [0.2, 0.25) is 0 Å². The second kappa shape index (κ2) is 6.98. The van der Waals surface area contributed by atoms with Crippen molar-refractivity contribution < 1.29 is 13.9 Å². The molecular weight excluding hydrogens is 340 g/mol. The van der Waals surface area contributed by atoms with Gasteiger partial charge in [0, 0.05) is 23.7 Å². The van der Waals surface area contributed by atoms with Crippen molar-refractivity contribution in [3.63, 3.8) is 0 Å². The topological polar surface area (TPSA) is 87.6 Å². The molecule has 1 N–H and O–H groups in total. The fourth-order valence-corrected chi connectivity index (χ4v) is 2.98. The molecule has 3 aromatic rings. The molecule has 0 aliphatic heterocycles. The van der Waals surface area contributed by atoms with E-state index >= 15 is 0 Å². The molecule has 2 unspecified atom stereocenters. The predicted octanol–water partition coefficient (Wildman–Crippen LogP) is 2.51. The van der Waals surface area contributed by atoms with Crippen molar-refractivity contribution in [2.24, 2.45) is 0 Å². The molecule has 2 aromatic heterocycles. The van der Waals surface area contributed by atoms with Gasteiger partial charge in [0.25, 0.3) is 0 Å². The Labute approximate surface area is 148 Å². The van der Waals surface area contributed by atoms with Crippen LogP contribution in [0.3, 0.4) is 0 Å². The van der Waals surface area contributed by atoms with Gasteiger partial charge in [-0.15, -0.1) is 0 Å².